The predicted molar refractivity (Wildman–Crippen MR) is 84.9 cm³/mol. The van der Waals surface area contributed by atoms with Crippen LogP contribution in [0.5, 0.6) is 0 Å². The van der Waals surface area contributed by atoms with Crippen LogP contribution in [0.2, 0.25) is 0 Å². The van der Waals surface area contributed by atoms with E-state index < -0.39 is 0 Å². The van der Waals surface area contributed by atoms with Gasteiger partial charge >= 0.3 is 0 Å². The summed E-state index contributed by atoms with van der Waals surface area (Å²) in [6.07, 6.45) is 0. The van der Waals surface area contributed by atoms with Crippen LogP contribution in [0, 0.1) is 17.0 Å². The number of nitro groups is 1. The molecular weight excluding hydrogens is 396 g/mol. The third-order valence-electron chi connectivity index (χ3n) is 2.56. The van der Waals surface area contributed by atoms with Crippen molar-refractivity contribution in [2.75, 3.05) is 5.32 Å². The third-order valence-corrected chi connectivity index (χ3v) is 4.91. The highest BCUT2D eigenvalue weighted by atomic mass is 79.9. The van der Waals surface area contributed by atoms with E-state index in [1.165, 1.54) is 10.9 Å². The largest absolute Gasteiger partial charge is 0.379 e. The topological polar surface area (TPSA) is 55.2 Å². The lowest BCUT2D eigenvalue weighted by Gasteiger charge is -2.09. The van der Waals surface area contributed by atoms with Crippen LogP contribution in [0.4, 0.5) is 11.4 Å². The van der Waals surface area contributed by atoms with Crippen LogP contribution in [0.1, 0.15) is 10.4 Å². The Hall–Kier alpha value is -0.920. The fourth-order valence-corrected chi connectivity index (χ4v) is 3.49. The van der Waals surface area contributed by atoms with Crippen LogP contribution in [0.3, 0.4) is 0 Å². The Bertz CT molecular complexity index is 628. The number of halogens is 2. The van der Waals surface area contributed by atoms with Crippen molar-refractivity contribution < 1.29 is 4.92 Å². The van der Waals surface area contributed by atoms with E-state index in [4.69, 9.17) is 0 Å². The summed E-state index contributed by atoms with van der Waals surface area (Å²) in [5.74, 6) is 0. The van der Waals surface area contributed by atoms with Gasteiger partial charge in [0, 0.05) is 43.1 Å². The molecule has 0 fully saturated rings. The average Bonchev–Trinajstić information content (AvgIpc) is 2.75. The van der Waals surface area contributed by atoms with E-state index in [1.54, 1.807) is 24.3 Å². The van der Waals surface area contributed by atoms with Gasteiger partial charge in [0.2, 0.25) is 0 Å². The molecule has 100 valence electrons. The second-order valence-corrected chi connectivity index (χ2v) is 6.73. The van der Waals surface area contributed by atoms with Gasteiger partial charge in [-0.25, -0.2) is 0 Å². The Morgan fingerprint density at radius 3 is 2.68 bits per heavy atom. The summed E-state index contributed by atoms with van der Waals surface area (Å²) >= 11 is 8.42. The van der Waals surface area contributed by atoms with Crippen LogP contribution in [-0.4, -0.2) is 4.92 Å². The monoisotopic (exact) mass is 404 g/mol. The molecule has 0 saturated heterocycles. The number of hydrogen-bond acceptors (Lipinski definition) is 4. The van der Waals surface area contributed by atoms with E-state index >= 15 is 0 Å². The van der Waals surface area contributed by atoms with E-state index in [0.717, 1.165) is 10.2 Å². The summed E-state index contributed by atoms with van der Waals surface area (Å²) in [7, 11) is 0. The number of nitrogens with zero attached hydrogens (tertiary/aromatic N) is 1. The summed E-state index contributed by atoms with van der Waals surface area (Å²) in [4.78, 5) is 11.6. The van der Waals surface area contributed by atoms with Crippen LogP contribution >= 0.6 is 43.2 Å². The fraction of sp³-hybridized carbons (Fsp3) is 0.167. The minimum absolute atomic E-state index is 0.122. The van der Waals surface area contributed by atoms with E-state index in [2.05, 4.69) is 37.2 Å². The van der Waals surface area contributed by atoms with Gasteiger partial charge in [0.05, 0.1) is 4.92 Å². The van der Waals surface area contributed by atoms with Gasteiger partial charge in [-0.3, -0.25) is 10.1 Å². The summed E-state index contributed by atoms with van der Waals surface area (Å²) < 4.78 is 1.76. The van der Waals surface area contributed by atoms with Crippen molar-refractivity contribution in [1.29, 1.82) is 0 Å². The molecule has 0 saturated carbocycles. The second kappa shape index (κ2) is 6.02. The minimum atomic E-state index is -0.375. The first-order valence-corrected chi connectivity index (χ1v) is 7.85. The minimum Gasteiger partial charge on any atom is -0.379 e. The molecule has 1 aromatic heterocycles. The standard InChI is InChI=1S/C12H10Br2N2O2S/c1-7-2-11(10(14)4-12(7)16(17)18)15-5-9-3-8(13)6-19-9/h2-4,6,15H,5H2,1H3. The fourth-order valence-electron chi connectivity index (χ4n) is 1.63. The maximum Gasteiger partial charge on any atom is 0.273 e. The first kappa shape index (κ1) is 14.5. The molecule has 0 aliphatic carbocycles. The van der Waals surface area contributed by atoms with Gasteiger partial charge in [-0.05, 0) is 50.9 Å². The molecule has 2 aromatic rings. The van der Waals surface area contributed by atoms with Crippen molar-refractivity contribution in [1.82, 2.24) is 0 Å². The second-order valence-electron chi connectivity index (χ2n) is 3.96. The molecule has 2 rings (SSSR count). The highest BCUT2D eigenvalue weighted by Gasteiger charge is 2.14. The molecular formula is C12H10Br2N2O2S. The number of aryl methyl sites for hydroxylation is 1. The Labute approximate surface area is 131 Å². The molecule has 0 unspecified atom stereocenters. The first-order chi connectivity index (χ1) is 8.97. The van der Waals surface area contributed by atoms with Gasteiger partial charge in [0.15, 0.2) is 0 Å². The maximum absolute atomic E-state index is 10.8. The normalized spacial score (nSPS) is 10.5. The molecule has 1 N–H and O–H groups in total. The van der Waals surface area contributed by atoms with E-state index in [1.807, 2.05) is 11.4 Å². The van der Waals surface area contributed by atoms with E-state index in [9.17, 15) is 10.1 Å². The number of benzene rings is 1. The molecule has 19 heavy (non-hydrogen) atoms. The smallest absolute Gasteiger partial charge is 0.273 e. The molecule has 0 atom stereocenters. The lowest BCUT2D eigenvalue weighted by Crippen LogP contribution is -2.00. The molecule has 0 radical (unpaired) electrons. The van der Waals surface area contributed by atoms with Crippen molar-refractivity contribution >= 4 is 54.6 Å². The summed E-state index contributed by atoms with van der Waals surface area (Å²) in [6.45, 7) is 2.42. The first-order valence-electron chi connectivity index (χ1n) is 5.38. The molecule has 7 heteroatoms. The summed E-state index contributed by atoms with van der Waals surface area (Å²) in [5.41, 5.74) is 1.62. The lowest BCUT2D eigenvalue weighted by atomic mass is 10.2. The van der Waals surface area contributed by atoms with Crippen LogP contribution < -0.4 is 5.32 Å². The van der Waals surface area contributed by atoms with Crippen molar-refractivity contribution in [2.45, 2.75) is 13.5 Å². The summed E-state index contributed by atoms with van der Waals surface area (Å²) in [5, 5.41) is 16.1. The molecule has 1 heterocycles. The quantitative estimate of drug-likeness (QED) is 0.568. The van der Waals surface area contributed by atoms with Crippen LogP contribution in [-0.2, 0) is 6.54 Å². The number of rotatable bonds is 4. The highest BCUT2D eigenvalue weighted by molar-refractivity contribution is 9.10. The van der Waals surface area contributed by atoms with Gasteiger partial charge in [-0.15, -0.1) is 11.3 Å². The van der Waals surface area contributed by atoms with Crippen molar-refractivity contribution in [3.8, 4) is 0 Å². The zero-order valence-electron chi connectivity index (χ0n) is 9.94. The number of thiophene rings is 1. The Morgan fingerprint density at radius 1 is 1.37 bits per heavy atom. The zero-order valence-corrected chi connectivity index (χ0v) is 13.9. The Morgan fingerprint density at radius 2 is 2.11 bits per heavy atom. The van der Waals surface area contributed by atoms with Gasteiger partial charge in [0.25, 0.3) is 5.69 Å². The van der Waals surface area contributed by atoms with Gasteiger partial charge < -0.3 is 5.32 Å². The molecule has 0 aliphatic heterocycles. The molecule has 0 amide bonds. The maximum atomic E-state index is 10.8. The highest BCUT2D eigenvalue weighted by Crippen LogP contribution is 2.31. The number of hydrogen-bond donors (Lipinski definition) is 1. The number of nitrogens with one attached hydrogen (secondary N) is 1. The molecule has 1 aromatic carbocycles. The van der Waals surface area contributed by atoms with Crippen molar-refractivity contribution in [3.05, 3.63) is 53.1 Å². The molecule has 0 aliphatic rings. The van der Waals surface area contributed by atoms with Gasteiger partial charge in [-0.1, -0.05) is 0 Å². The molecule has 4 nitrogen and oxygen atoms in total. The van der Waals surface area contributed by atoms with E-state index in [0.29, 0.717) is 16.6 Å². The number of anilines is 1. The average molecular weight is 406 g/mol. The van der Waals surface area contributed by atoms with Gasteiger partial charge in [-0.2, -0.15) is 0 Å². The van der Waals surface area contributed by atoms with Crippen molar-refractivity contribution in [3.63, 3.8) is 0 Å². The molecule has 0 spiro atoms. The Kier molecular flexibility index (Phi) is 4.59. The zero-order chi connectivity index (χ0) is 14.0. The van der Waals surface area contributed by atoms with E-state index in [-0.39, 0.29) is 10.6 Å². The SMILES string of the molecule is Cc1cc(NCc2cc(Br)cs2)c(Br)cc1[N+](=O)[O-]. The lowest BCUT2D eigenvalue weighted by molar-refractivity contribution is -0.385. The summed E-state index contributed by atoms with van der Waals surface area (Å²) in [6, 6.07) is 5.36. The number of nitro benzene ring substituents is 1. The Balaban J connectivity index is 2.17. The van der Waals surface area contributed by atoms with Crippen LogP contribution in [0.15, 0.2) is 32.5 Å². The van der Waals surface area contributed by atoms with Crippen molar-refractivity contribution in [2.24, 2.45) is 0 Å². The predicted octanol–water partition coefficient (Wildman–Crippen LogP) is 5.10. The molecule has 0 bridgehead atoms. The van der Waals surface area contributed by atoms with Crippen LogP contribution in [0.25, 0.3) is 0 Å². The third kappa shape index (κ3) is 3.55. The van der Waals surface area contributed by atoms with Gasteiger partial charge in [0.1, 0.15) is 0 Å².